The average Bonchev–Trinajstić information content (AvgIpc) is 3.48. The molecule has 4 aromatic carbocycles. The van der Waals surface area contributed by atoms with Gasteiger partial charge in [0.2, 0.25) is 18.3 Å². The number of aliphatic hydroxyl groups is 9. The molecule has 14 N–H and O–H groups in total. The molecule has 25 heteroatoms. The summed E-state index contributed by atoms with van der Waals surface area (Å²) in [5, 5.41) is 148. The lowest BCUT2D eigenvalue weighted by atomic mass is 9.97. The van der Waals surface area contributed by atoms with E-state index in [2.05, 4.69) is 0 Å². The minimum Gasteiger partial charge on any atom is -0.508 e. The summed E-state index contributed by atoms with van der Waals surface area (Å²) in [4.78, 5) is 25.8. The van der Waals surface area contributed by atoms with Crippen LogP contribution in [0.1, 0.15) is 22.3 Å². The summed E-state index contributed by atoms with van der Waals surface area (Å²) < 4.78 is 53.1. The van der Waals surface area contributed by atoms with Crippen LogP contribution in [0.5, 0.6) is 40.2 Å². The molecule has 1 aromatic heterocycles. The van der Waals surface area contributed by atoms with E-state index in [0.717, 1.165) is 18.2 Å². The number of carbonyl (C=O) groups excluding carboxylic acids is 2. The Balaban J connectivity index is 1.14. The standard InChI is InChI=1S/C50H52O25/c51-18-34-40(60)39(59)30(57)17-38(70-34)69-31-14-26(54)15-32-27(31)16-33(46(71-32)22-3-7-24(52)8-4-22)72-50-47(44(64)42(62)35(74-50)19-67-37(58)12-2-21-1-11-28(55)29(56)13-21)75-49-45(65)43(63)41(61)36(73-49)20-68-48(66)23-5-9-25(53)10-6-23/h1-16,30,34-36,38-45,47,49-51,57,59-65H,17-20H2,(H4-,52,53,54,55,56,58,66)/p+1. The third-order valence-corrected chi connectivity index (χ3v) is 12.4. The maximum absolute atomic E-state index is 12.9. The summed E-state index contributed by atoms with van der Waals surface area (Å²) >= 11 is 0. The number of phenolic OH excluding ortho intramolecular Hbond substituents is 5. The molecule has 0 saturated carbocycles. The van der Waals surface area contributed by atoms with E-state index in [1.807, 2.05) is 0 Å². The molecular weight excluding hydrogens is 1000 g/mol. The highest BCUT2D eigenvalue weighted by atomic mass is 16.8. The van der Waals surface area contributed by atoms with Crippen LogP contribution in [0.2, 0.25) is 0 Å². The molecule has 3 aliphatic rings. The van der Waals surface area contributed by atoms with Crippen LogP contribution in [0, 0.1) is 0 Å². The molecule has 15 unspecified atom stereocenters. The second-order valence-corrected chi connectivity index (χ2v) is 17.6. The Kier molecular flexibility index (Phi) is 16.9. The second kappa shape index (κ2) is 23.3. The molecule has 0 spiro atoms. The van der Waals surface area contributed by atoms with Crippen molar-refractivity contribution >= 4 is 29.0 Å². The van der Waals surface area contributed by atoms with E-state index in [9.17, 15) is 81.1 Å². The van der Waals surface area contributed by atoms with Crippen molar-refractivity contribution in [2.24, 2.45) is 0 Å². The topological polar surface area (TPSA) is 403 Å². The van der Waals surface area contributed by atoms with Gasteiger partial charge in [-0.1, -0.05) is 6.07 Å². The van der Waals surface area contributed by atoms with Crippen LogP contribution in [0.3, 0.4) is 0 Å². The number of aromatic hydroxyl groups is 5. The minimum absolute atomic E-state index is 0.00835. The van der Waals surface area contributed by atoms with Crippen LogP contribution in [0.25, 0.3) is 28.4 Å². The van der Waals surface area contributed by atoms with Crippen molar-refractivity contribution < 1.29 is 123 Å². The molecule has 25 nitrogen and oxygen atoms in total. The molecule has 3 aliphatic heterocycles. The molecule has 0 amide bonds. The molecule has 3 saturated heterocycles. The number of phenols is 5. The Bertz CT molecular complexity index is 2810. The van der Waals surface area contributed by atoms with Crippen molar-refractivity contribution in [3.8, 4) is 51.6 Å². The third-order valence-electron chi connectivity index (χ3n) is 12.4. The zero-order chi connectivity index (χ0) is 53.8. The summed E-state index contributed by atoms with van der Waals surface area (Å²) in [7, 11) is 0. The lowest BCUT2D eigenvalue weighted by molar-refractivity contribution is -0.357. The average molecular weight is 1050 g/mol. The number of benzene rings is 4. The smallest absolute Gasteiger partial charge is 0.402 e. The summed E-state index contributed by atoms with van der Waals surface area (Å²) in [5.41, 5.74) is 0.360. The molecule has 15 atom stereocenters. The lowest BCUT2D eigenvalue weighted by Gasteiger charge is -2.45. The third kappa shape index (κ3) is 12.4. The van der Waals surface area contributed by atoms with E-state index in [0.29, 0.717) is 0 Å². The van der Waals surface area contributed by atoms with Crippen LogP contribution in [0.15, 0.2) is 95.4 Å². The van der Waals surface area contributed by atoms with E-state index < -0.39 is 148 Å². The summed E-state index contributed by atoms with van der Waals surface area (Å²) in [5.74, 6) is -4.28. The van der Waals surface area contributed by atoms with Crippen LogP contribution in [-0.2, 0) is 33.2 Å². The first kappa shape index (κ1) is 54.3. The van der Waals surface area contributed by atoms with Crippen molar-refractivity contribution in [2.45, 2.75) is 98.5 Å². The van der Waals surface area contributed by atoms with Crippen LogP contribution >= 0.6 is 0 Å². The molecule has 8 rings (SSSR count). The van der Waals surface area contributed by atoms with Gasteiger partial charge in [0.1, 0.15) is 103 Å². The zero-order valence-electron chi connectivity index (χ0n) is 39.0. The highest BCUT2D eigenvalue weighted by Crippen LogP contribution is 2.43. The zero-order valence-corrected chi connectivity index (χ0v) is 39.0. The van der Waals surface area contributed by atoms with Crippen molar-refractivity contribution in [3.63, 3.8) is 0 Å². The molecular formula is C50H53O25+. The van der Waals surface area contributed by atoms with Crippen LogP contribution in [0.4, 0.5) is 0 Å². The first-order valence-electron chi connectivity index (χ1n) is 23.0. The predicted octanol–water partition coefficient (Wildman–Crippen LogP) is -0.390. The fourth-order valence-electron chi connectivity index (χ4n) is 8.24. The van der Waals surface area contributed by atoms with Crippen LogP contribution < -0.4 is 9.47 Å². The highest BCUT2D eigenvalue weighted by molar-refractivity contribution is 5.90. The van der Waals surface area contributed by atoms with Crippen molar-refractivity contribution in [1.29, 1.82) is 0 Å². The van der Waals surface area contributed by atoms with Crippen molar-refractivity contribution in [1.82, 2.24) is 0 Å². The maximum Gasteiger partial charge on any atom is 0.402 e. The number of carbonyl (C=O) groups is 2. The molecule has 402 valence electrons. The molecule has 5 aromatic rings. The SMILES string of the molecule is O=C(/C=C/c1ccc(O)c(O)c1)OCC1OC(Oc2cc3c(OC4CC(O)C(O)C(O)C(CO)O4)cc(O)cc3[o+]c2-c2ccc(O)cc2)C(OC2OC(COC(=O)c3ccc(O)cc3)C(O)C(O)C2O)C(O)C1O. The maximum atomic E-state index is 12.9. The molecule has 3 fully saturated rings. The van der Waals surface area contributed by atoms with E-state index in [4.69, 9.17) is 42.3 Å². The fourth-order valence-corrected chi connectivity index (χ4v) is 8.24. The van der Waals surface area contributed by atoms with E-state index >= 15 is 0 Å². The summed E-state index contributed by atoms with van der Waals surface area (Å²) in [6, 6.07) is 17.6. The Hall–Kier alpha value is -6.95. The normalized spacial score (nSPS) is 30.1. The quantitative estimate of drug-likeness (QED) is 0.0275. The van der Waals surface area contributed by atoms with E-state index in [-0.39, 0.29) is 56.4 Å². The number of hydrogen-bond acceptors (Lipinski definition) is 24. The van der Waals surface area contributed by atoms with Crippen molar-refractivity contribution in [3.05, 3.63) is 102 Å². The number of esters is 2. The number of fused-ring (bicyclic) bond motifs is 1. The van der Waals surface area contributed by atoms with Gasteiger partial charge in [0.15, 0.2) is 23.9 Å². The first-order valence-corrected chi connectivity index (χ1v) is 23.0. The Morgan fingerprint density at radius 3 is 1.92 bits per heavy atom. The van der Waals surface area contributed by atoms with E-state index in [1.165, 1.54) is 78.9 Å². The molecule has 75 heavy (non-hydrogen) atoms. The van der Waals surface area contributed by atoms with Crippen molar-refractivity contribution in [2.75, 3.05) is 19.8 Å². The largest absolute Gasteiger partial charge is 0.508 e. The van der Waals surface area contributed by atoms with Gasteiger partial charge >= 0.3 is 23.3 Å². The molecule has 4 heterocycles. The van der Waals surface area contributed by atoms with Gasteiger partial charge in [0.25, 0.3) is 0 Å². The summed E-state index contributed by atoms with van der Waals surface area (Å²) in [6.07, 6.45) is -25.8. The van der Waals surface area contributed by atoms with Gasteiger partial charge in [-0.15, -0.1) is 0 Å². The summed E-state index contributed by atoms with van der Waals surface area (Å²) in [6.45, 7) is -2.33. The number of aliphatic hydroxyl groups excluding tert-OH is 9. The monoisotopic (exact) mass is 1050 g/mol. The number of rotatable bonds is 15. The van der Waals surface area contributed by atoms with Crippen LogP contribution in [-0.4, -0.2) is 195 Å². The second-order valence-electron chi connectivity index (χ2n) is 17.6. The molecule has 0 aliphatic carbocycles. The minimum atomic E-state index is -2.12. The number of hydrogen-bond donors (Lipinski definition) is 14. The molecule has 0 radical (unpaired) electrons. The fraction of sp³-hybridized carbons (Fsp3) is 0.380. The number of ether oxygens (including phenoxy) is 8. The predicted molar refractivity (Wildman–Crippen MR) is 249 cm³/mol. The van der Waals surface area contributed by atoms with Gasteiger partial charge in [0.05, 0.1) is 29.9 Å². The van der Waals surface area contributed by atoms with Gasteiger partial charge in [0, 0.05) is 24.6 Å². The van der Waals surface area contributed by atoms with E-state index in [1.54, 1.807) is 0 Å². The van der Waals surface area contributed by atoms with Gasteiger partial charge < -0.3 is 109 Å². The molecule has 0 bridgehead atoms. The first-order chi connectivity index (χ1) is 35.8. The lowest BCUT2D eigenvalue weighted by Crippen LogP contribution is -2.65. The van der Waals surface area contributed by atoms with Gasteiger partial charge in [-0.3, -0.25) is 0 Å². The highest BCUT2D eigenvalue weighted by Gasteiger charge is 2.53. The Labute approximate surface area is 423 Å². The Morgan fingerprint density at radius 1 is 0.600 bits per heavy atom. The Morgan fingerprint density at radius 2 is 1.24 bits per heavy atom. The van der Waals surface area contributed by atoms with Gasteiger partial charge in [-0.05, 0) is 72.3 Å². The van der Waals surface area contributed by atoms with Gasteiger partial charge in [-0.25, -0.2) is 14.0 Å². The van der Waals surface area contributed by atoms with Gasteiger partial charge in [-0.2, -0.15) is 0 Å².